The van der Waals surface area contributed by atoms with Gasteiger partial charge in [-0.3, -0.25) is 4.79 Å². The first kappa shape index (κ1) is 21.7. The molecule has 0 saturated carbocycles. The van der Waals surface area contributed by atoms with Crippen molar-refractivity contribution in [2.24, 2.45) is 0 Å². The predicted octanol–water partition coefficient (Wildman–Crippen LogP) is 3.96. The van der Waals surface area contributed by atoms with Crippen LogP contribution in [0.5, 0.6) is 5.75 Å². The van der Waals surface area contributed by atoms with Crippen molar-refractivity contribution in [2.75, 3.05) is 26.2 Å². The first-order valence-electron chi connectivity index (χ1n) is 8.41. The van der Waals surface area contributed by atoms with Gasteiger partial charge in [-0.1, -0.05) is 0 Å². The molecule has 2 fully saturated rings. The quantitative estimate of drug-likeness (QED) is 0.761. The number of halogens is 6. The zero-order valence-corrected chi connectivity index (χ0v) is 15.1. The average Bonchev–Trinajstić information content (AvgIpc) is 2.93. The van der Waals surface area contributed by atoms with E-state index in [0.29, 0.717) is 18.4 Å². The molecule has 0 aromatic heterocycles. The topological polar surface area (TPSA) is 41.6 Å². The van der Waals surface area contributed by atoms with E-state index >= 15 is 0 Å². The van der Waals surface area contributed by atoms with Crippen LogP contribution < -0.4 is 10.1 Å². The first-order chi connectivity index (χ1) is 12.1. The number of hydrogen-bond acceptors (Lipinski definition) is 3. The van der Waals surface area contributed by atoms with E-state index in [4.69, 9.17) is 0 Å². The Balaban J connectivity index is 0.00000261. The highest BCUT2D eigenvalue weighted by Gasteiger charge is 2.41. The maximum absolute atomic E-state index is 13.4. The highest BCUT2D eigenvalue weighted by Crippen LogP contribution is 2.33. The van der Waals surface area contributed by atoms with Crippen LogP contribution in [0.4, 0.5) is 22.0 Å². The molecule has 152 valence electrons. The maximum atomic E-state index is 13.4. The van der Waals surface area contributed by atoms with Crippen LogP contribution in [-0.2, 0) is 0 Å². The number of alkyl halides is 5. The summed E-state index contributed by atoms with van der Waals surface area (Å²) in [5, 5.41) is 3.16. The Morgan fingerprint density at radius 2 is 1.85 bits per heavy atom. The minimum atomic E-state index is -4.90. The Kier molecular flexibility index (Phi) is 6.57. The summed E-state index contributed by atoms with van der Waals surface area (Å²) in [6, 6.07) is 3.74. The van der Waals surface area contributed by atoms with Gasteiger partial charge in [0, 0.05) is 18.5 Å². The second-order valence-electron chi connectivity index (χ2n) is 6.70. The van der Waals surface area contributed by atoms with Gasteiger partial charge in [0.1, 0.15) is 5.75 Å². The number of carbonyl (C=O) groups is 1. The van der Waals surface area contributed by atoms with Crippen molar-refractivity contribution in [3.8, 4) is 5.75 Å². The molecule has 1 aromatic rings. The largest absolute Gasteiger partial charge is 0.573 e. The van der Waals surface area contributed by atoms with Gasteiger partial charge in [-0.2, -0.15) is 0 Å². The zero-order chi connectivity index (χ0) is 18.9. The van der Waals surface area contributed by atoms with Crippen molar-refractivity contribution in [3.63, 3.8) is 0 Å². The summed E-state index contributed by atoms with van der Waals surface area (Å²) >= 11 is 0. The minimum absolute atomic E-state index is 0. The number of nitrogens with zero attached hydrogens (tertiary/aromatic N) is 1. The molecule has 1 N–H and O–H groups in total. The third kappa shape index (κ3) is 5.68. The third-order valence-electron chi connectivity index (χ3n) is 4.68. The average molecular weight is 415 g/mol. The van der Waals surface area contributed by atoms with Crippen LogP contribution in [0.2, 0.25) is 0 Å². The molecule has 0 bridgehead atoms. The number of ether oxygens (including phenoxy) is 1. The van der Waals surface area contributed by atoms with Crippen LogP contribution in [0.25, 0.3) is 0 Å². The Bertz CT molecular complexity index is 678. The van der Waals surface area contributed by atoms with Crippen molar-refractivity contribution in [3.05, 3.63) is 29.3 Å². The van der Waals surface area contributed by atoms with Gasteiger partial charge < -0.3 is 15.0 Å². The lowest BCUT2D eigenvalue weighted by molar-refractivity contribution is -0.274. The molecule has 0 unspecified atom stereocenters. The van der Waals surface area contributed by atoms with Gasteiger partial charge in [-0.05, 0) is 55.6 Å². The summed E-state index contributed by atoms with van der Waals surface area (Å²) in [4.78, 5) is 13.5. The van der Waals surface area contributed by atoms with Crippen molar-refractivity contribution >= 4 is 18.3 Å². The molecule has 2 aliphatic heterocycles. The fourth-order valence-corrected chi connectivity index (χ4v) is 3.42. The molecular formula is C17H20ClF5N2O2. The van der Waals surface area contributed by atoms with Crippen LogP contribution in [0, 0.1) is 0 Å². The fourth-order valence-electron chi connectivity index (χ4n) is 3.42. The van der Waals surface area contributed by atoms with Crippen molar-refractivity contribution < 1.29 is 31.5 Å². The van der Waals surface area contributed by atoms with E-state index in [9.17, 15) is 26.7 Å². The van der Waals surface area contributed by atoms with Gasteiger partial charge in [0.15, 0.2) is 0 Å². The Morgan fingerprint density at radius 1 is 1.19 bits per heavy atom. The Labute approximate surface area is 159 Å². The standard InChI is InChI=1S/C17H19F5N2O2.ClH/c18-16(19)3-6-24(10-16)15(25)13-7-12(11-1-4-23-5-2-11)8-14(9-13)26-17(20,21)22;/h7-9,11,23H,1-6,10H2;1H. The molecule has 10 heteroatoms. The van der Waals surface area contributed by atoms with Crippen LogP contribution in [0.15, 0.2) is 18.2 Å². The van der Waals surface area contributed by atoms with E-state index < -0.39 is 36.9 Å². The number of amides is 1. The summed E-state index contributed by atoms with van der Waals surface area (Å²) < 4.78 is 68.6. The van der Waals surface area contributed by atoms with E-state index in [-0.39, 0.29) is 30.4 Å². The molecule has 2 saturated heterocycles. The van der Waals surface area contributed by atoms with E-state index in [1.54, 1.807) is 0 Å². The van der Waals surface area contributed by atoms with Crippen LogP contribution in [0.1, 0.15) is 41.1 Å². The zero-order valence-electron chi connectivity index (χ0n) is 14.3. The number of likely N-dealkylation sites (tertiary alicyclic amines) is 1. The first-order valence-corrected chi connectivity index (χ1v) is 8.41. The summed E-state index contributed by atoms with van der Waals surface area (Å²) in [6.45, 7) is 0.588. The number of benzene rings is 1. The molecular weight excluding hydrogens is 395 g/mol. The lowest BCUT2D eigenvalue weighted by Gasteiger charge is -2.25. The molecule has 0 atom stereocenters. The minimum Gasteiger partial charge on any atom is -0.406 e. The smallest absolute Gasteiger partial charge is 0.406 e. The summed E-state index contributed by atoms with van der Waals surface area (Å²) in [5.74, 6) is -4.18. The highest BCUT2D eigenvalue weighted by atomic mass is 35.5. The van der Waals surface area contributed by atoms with Crippen molar-refractivity contribution in [1.82, 2.24) is 10.2 Å². The summed E-state index contributed by atoms with van der Waals surface area (Å²) in [7, 11) is 0. The molecule has 2 heterocycles. The summed E-state index contributed by atoms with van der Waals surface area (Å²) in [6.07, 6.45) is -3.91. The predicted molar refractivity (Wildman–Crippen MR) is 90.7 cm³/mol. The fraction of sp³-hybridized carbons (Fsp3) is 0.588. The normalized spacial score (nSPS) is 20.3. The second-order valence-corrected chi connectivity index (χ2v) is 6.70. The molecule has 0 spiro atoms. The van der Waals surface area contributed by atoms with Crippen LogP contribution in [-0.4, -0.2) is 49.3 Å². The number of piperidine rings is 1. The number of hydrogen-bond donors (Lipinski definition) is 1. The second kappa shape index (κ2) is 8.18. The number of nitrogens with one attached hydrogen (secondary N) is 1. The third-order valence-corrected chi connectivity index (χ3v) is 4.68. The van der Waals surface area contributed by atoms with E-state index in [1.165, 1.54) is 12.1 Å². The van der Waals surface area contributed by atoms with Crippen molar-refractivity contribution in [1.29, 1.82) is 0 Å². The molecule has 0 radical (unpaired) electrons. The molecule has 3 rings (SSSR count). The molecule has 1 amide bonds. The monoisotopic (exact) mass is 414 g/mol. The van der Waals surface area contributed by atoms with Gasteiger partial charge in [-0.25, -0.2) is 8.78 Å². The summed E-state index contributed by atoms with van der Waals surface area (Å²) in [5.41, 5.74) is 0.500. The van der Waals surface area contributed by atoms with E-state index in [1.807, 2.05) is 0 Å². The number of rotatable bonds is 3. The SMILES string of the molecule is Cl.O=C(c1cc(OC(F)(F)F)cc(C2CCNCC2)c1)N1CCC(F)(F)C1. The van der Waals surface area contributed by atoms with Gasteiger partial charge in [0.05, 0.1) is 6.54 Å². The molecule has 27 heavy (non-hydrogen) atoms. The molecule has 1 aromatic carbocycles. The van der Waals surface area contributed by atoms with Gasteiger partial charge in [0.2, 0.25) is 0 Å². The lowest BCUT2D eigenvalue weighted by Crippen LogP contribution is -2.32. The van der Waals surface area contributed by atoms with Crippen molar-refractivity contribution in [2.45, 2.75) is 37.5 Å². The van der Waals surface area contributed by atoms with Crippen LogP contribution >= 0.6 is 12.4 Å². The lowest BCUT2D eigenvalue weighted by atomic mass is 9.89. The number of carbonyl (C=O) groups excluding carboxylic acids is 1. The van der Waals surface area contributed by atoms with Crippen LogP contribution in [0.3, 0.4) is 0 Å². The van der Waals surface area contributed by atoms with E-state index in [0.717, 1.165) is 24.1 Å². The van der Waals surface area contributed by atoms with Gasteiger partial charge in [0.25, 0.3) is 11.8 Å². The molecule has 2 aliphatic rings. The van der Waals surface area contributed by atoms with E-state index in [2.05, 4.69) is 10.1 Å². The Morgan fingerprint density at radius 3 is 2.41 bits per heavy atom. The van der Waals surface area contributed by atoms with Gasteiger partial charge >= 0.3 is 6.36 Å². The highest BCUT2D eigenvalue weighted by molar-refractivity contribution is 5.95. The maximum Gasteiger partial charge on any atom is 0.573 e. The van der Waals surface area contributed by atoms with Gasteiger partial charge in [-0.15, -0.1) is 25.6 Å². The molecule has 0 aliphatic carbocycles. The Hall–Kier alpha value is -1.61. The molecule has 4 nitrogen and oxygen atoms in total.